The number of nitrogens with zero attached hydrogens (tertiary/aromatic N) is 2. The minimum atomic E-state index is -0.488. The van der Waals surface area contributed by atoms with Crippen LogP contribution in [0.15, 0.2) is 90.3 Å². The molecule has 6 rings (SSSR count). The lowest BCUT2D eigenvalue weighted by Gasteiger charge is -2.08. The molecular formula is C27H17ClN4O2. The van der Waals surface area contributed by atoms with Gasteiger partial charge in [0.2, 0.25) is 0 Å². The molecule has 2 N–H and O–H groups in total. The molecule has 0 saturated heterocycles. The third-order valence-corrected chi connectivity index (χ3v) is 6.34. The highest BCUT2D eigenvalue weighted by atomic mass is 35.5. The second kappa shape index (κ2) is 7.86. The molecule has 0 radical (unpaired) electrons. The normalized spacial score (nSPS) is 14.4. The van der Waals surface area contributed by atoms with Crippen LogP contribution in [0, 0.1) is 0 Å². The molecule has 0 atom stereocenters. The average molecular weight is 465 g/mol. The summed E-state index contributed by atoms with van der Waals surface area (Å²) in [5.74, 6) is -0.975. The molecule has 0 saturated carbocycles. The number of hydrogen-bond donors (Lipinski definition) is 2. The summed E-state index contributed by atoms with van der Waals surface area (Å²) in [6.45, 7) is 0. The van der Waals surface area contributed by atoms with Gasteiger partial charge in [-0.3, -0.25) is 9.59 Å². The highest BCUT2D eigenvalue weighted by molar-refractivity contribution is 6.50. The van der Waals surface area contributed by atoms with Crippen LogP contribution < -0.4 is 0 Å². The third kappa shape index (κ3) is 3.08. The molecule has 0 bridgehead atoms. The molecule has 0 fully saturated rings. The van der Waals surface area contributed by atoms with Gasteiger partial charge >= 0.3 is 0 Å². The van der Waals surface area contributed by atoms with Crippen LogP contribution >= 0.6 is 11.6 Å². The van der Waals surface area contributed by atoms with Crippen molar-refractivity contribution in [2.45, 2.75) is 0 Å². The van der Waals surface area contributed by atoms with Crippen molar-refractivity contribution >= 4 is 62.6 Å². The third-order valence-electron chi connectivity index (χ3n) is 6.00. The number of nitrogens with one attached hydrogen (secondary N) is 2. The number of aromatic amines is 2. The predicted octanol–water partition coefficient (Wildman–Crippen LogP) is 5.62. The molecule has 1 aliphatic heterocycles. The van der Waals surface area contributed by atoms with Crippen LogP contribution in [-0.4, -0.2) is 33.0 Å². The maximum atomic E-state index is 13.7. The zero-order chi connectivity index (χ0) is 23.2. The second-order valence-electron chi connectivity index (χ2n) is 7.93. The van der Waals surface area contributed by atoms with Gasteiger partial charge in [0.05, 0.1) is 17.4 Å². The Morgan fingerprint density at radius 1 is 0.706 bits per heavy atom. The average Bonchev–Trinajstić information content (AvgIpc) is 3.53. The molecule has 1 aliphatic rings. The van der Waals surface area contributed by atoms with Crippen molar-refractivity contribution in [1.29, 1.82) is 0 Å². The second-order valence-corrected chi connectivity index (χ2v) is 8.34. The first-order valence-electron chi connectivity index (χ1n) is 10.7. The minimum absolute atomic E-state index is 0.309. The van der Waals surface area contributed by atoms with Gasteiger partial charge in [0.15, 0.2) is 0 Å². The number of imide groups is 1. The van der Waals surface area contributed by atoms with Crippen molar-refractivity contribution in [1.82, 2.24) is 15.0 Å². The summed E-state index contributed by atoms with van der Waals surface area (Å²) in [6, 6.07) is 22.5. The Hall–Kier alpha value is -4.42. The standard InChI is InChI=1S/C27H17ClN4O2/c28-21-10-4-1-7-16(21)13-31-32-26(33)24(19-14-29-22-11-5-2-8-17(19)22)25(27(32)34)20-15-30-23-12-6-3-9-18(20)23/h1-15,29-30H/b31-13+. The van der Waals surface area contributed by atoms with Gasteiger partial charge in [-0.15, -0.1) is 0 Å². The molecule has 164 valence electrons. The molecule has 0 aliphatic carbocycles. The van der Waals surface area contributed by atoms with Crippen molar-refractivity contribution in [3.8, 4) is 0 Å². The smallest absolute Gasteiger partial charge is 0.283 e. The van der Waals surface area contributed by atoms with E-state index in [1.165, 1.54) is 6.21 Å². The Labute approximate surface area is 199 Å². The van der Waals surface area contributed by atoms with Crippen molar-refractivity contribution < 1.29 is 9.59 Å². The fraction of sp³-hybridized carbons (Fsp3) is 0. The molecule has 0 spiro atoms. The van der Waals surface area contributed by atoms with Gasteiger partial charge in [0.1, 0.15) is 0 Å². The van der Waals surface area contributed by atoms with Gasteiger partial charge in [-0.2, -0.15) is 10.1 Å². The van der Waals surface area contributed by atoms with Crippen LogP contribution in [0.2, 0.25) is 5.02 Å². The number of amides is 2. The molecular weight excluding hydrogens is 448 g/mol. The summed E-state index contributed by atoms with van der Waals surface area (Å²) in [4.78, 5) is 33.8. The van der Waals surface area contributed by atoms with Gasteiger partial charge in [-0.25, -0.2) is 0 Å². The number of benzene rings is 3. The number of fused-ring (bicyclic) bond motifs is 2. The van der Waals surface area contributed by atoms with E-state index >= 15 is 0 Å². The molecule has 3 heterocycles. The molecule has 7 heteroatoms. The van der Waals surface area contributed by atoms with Crippen molar-refractivity contribution in [2.24, 2.45) is 5.10 Å². The first-order chi connectivity index (χ1) is 16.6. The molecule has 2 aromatic heterocycles. The van der Waals surface area contributed by atoms with Crippen LogP contribution in [0.3, 0.4) is 0 Å². The molecule has 0 unspecified atom stereocenters. The van der Waals surface area contributed by atoms with E-state index in [9.17, 15) is 9.59 Å². The zero-order valence-electron chi connectivity index (χ0n) is 17.7. The Balaban J connectivity index is 1.55. The summed E-state index contributed by atoms with van der Waals surface area (Å²) >= 11 is 6.23. The van der Waals surface area contributed by atoms with E-state index in [1.807, 2.05) is 54.6 Å². The first-order valence-corrected chi connectivity index (χ1v) is 11.1. The number of para-hydroxylation sites is 2. The SMILES string of the molecule is O=C1C(c2c[nH]c3ccccc23)=C(c2c[nH]c3ccccc23)C(=O)N1/N=C/c1ccccc1Cl. The van der Waals surface area contributed by atoms with Crippen molar-refractivity contribution in [3.63, 3.8) is 0 Å². The summed E-state index contributed by atoms with van der Waals surface area (Å²) in [7, 11) is 0. The summed E-state index contributed by atoms with van der Waals surface area (Å²) in [5.41, 5.74) is 4.29. The van der Waals surface area contributed by atoms with E-state index in [2.05, 4.69) is 15.1 Å². The maximum Gasteiger partial charge on any atom is 0.283 e. The summed E-state index contributed by atoms with van der Waals surface area (Å²) in [6.07, 6.45) is 4.96. The highest BCUT2D eigenvalue weighted by Crippen LogP contribution is 2.40. The molecule has 6 nitrogen and oxygen atoms in total. The Kier molecular flexibility index (Phi) is 4.67. The van der Waals surface area contributed by atoms with Crippen molar-refractivity contribution in [3.05, 3.63) is 107 Å². The largest absolute Gasteiger partial charge is 0.361 e. The number of carbonyl (C=O) groups excluding carboxylic acids is 2. The molecule has 34 heavy (non-hydrogen) atoms. The van der Waals surface area contributed by atoms with Crippen LogP contribution in [-0.2, 0) is 9.59 Å². The van der Waals surface area contributed by atoms with Crippen LogP contribution in [0.1, 0.15) is 16.7 Å². The number of hydrogen-bond acceptors (Lipinski definition) is 3. The number of rotatable bonds is 4. The lowest BCUT2D eigenvalue weighted by Crippen LogP contribution is -2.26. The Morgan fingerprint density at radius 2 is 1.21 bits per heavy atom. The molecule has 2 amide bonds. The van der Waals surface area contributed by atoms with Crippen LogP contribution in [0.4, 0.5) is 0 Å². The van der Waals surface area contributed by atoms with Gasteiger partial charge < -0.3 is 9.97 Å². The minimum Gasteiger partial charge on any atom is -0.361 e. The van der Waals surface area contributed by atoms with Crippen LogP contribution in [0.5, 0.6) is 0 Å². The maximum absolute atomic E-state index is 13.7. The number of carbonyl (C=O) groups is 2. The van der Waals surface area contributed by atoms with Gasteiger partial charge in [-0.05, 0) is 18.2 Å². The lowest BCUT2D eigenvalue weighted by atomic mass is 9.95. The molecule has 5 aromatic rings. The zero-order valence-corrected chi connectivity index (χ0v) is 18.5. The summed E-state index contributed by atoms with van der Waals surface area (Å²) in [5, 5.41) is 7.36. The van der Waals surface area contributed by atoms with E-state index in [4.69, 9.17) is 11.6 Å². The quantitative estimate of drug-likeness (QED) is 0.267. The van der Waals surface area contributed by atoms with Crippen LogP contribution in [0.25, 0.3) is 33.0 Å². The number of hydrazone groups is 1. The van der Waals surface area contributed by atoms with E-state index in [0.29, 0.717) is 32.9 Å². The van der Waals surface area contributed by atoms with E-state index in [0.717, 1.165) is 26.8 Å². The Morgan fingerprint density at radius 3 is 1.76 bits per heavy atom. The fourth-order valence-corrected chi connectivity index (χ4v) is 4.56. The topological polar surface area (TPSA) is 81.3 Å². The Bertz CT molecular complexity index is 1580. The van der Waals surface area contributed by atoms with Gasteiger partial charge in [0, 0.05) is 55.9 Å². The number of halogens is 1. The first kappa shape index (κ1) is 20.2. The lowest BCUT2D eigenvalue weighted by molar-refractivity contribution is -0.135. The van der Waals surface area contributed by atoms with Gasteiger partial charge in [-0.1, -0.05) is 66.2 Å². The van der Waals surface area contributed by atoms with Crippen molar-refractivity contribution in [2.75, 3.05) is 0 Å². The highest BCUT2D eigenvalue weighted by Gasteiger charge is 2.41. The fourth-order valence-electron chi connectivity index (χ4n) is 4.38. The van der Waals surface area contributed by atoms with E-state index in [1.54, 1.807) is 30.6 Å². The van der Waals surface area contributed by atoms with E-state index < -0.39 is 11.8 Å². The number of aromatic nitrogens is 2. The molecule has 3 aromatic carbocycles. The number of H-pyrrole nitrogens is 2. The van der Waals surface area contributed by atoms with E-state index in [-0.39, 0.29) is 0 Å². The monoisotopic (exact) mass is 464 g/mol. The predicted molar refractivity (Wildman–Crippen MR) is 134 cm³/mol. The van der Waals surface area contributed by atoms with Gasteiger partial charge in [0.25, 0.3) is 11.8 Å². The summed E-state index contributed by atoms with van der Waals surface area (Å²) < 4.78 is 0.